The summed E-state index contributed by atoms with van der Waals surface area (Å²) in [6.07, 6.45) is 1.52. The molecule has 0 aliphatic carbocycles. The Labute approximate surface area is 149 Å². The maximum atomic E-state index is 13.6. The second-order valence-corrected chi connectivity index (χ2v) is 7.52. The van der Waals surface area contributed by atoms with Crippen molar-refractivity contribution in [2.75, 3.05) is 6.61 Å². The van der Waals surface area contributed by atoms with Crippen LogP contribution in [-0.4, -0.2) is 16.8 Å². The Morgan fingerprint density at radius 2 is 2.00 bits per heavy atom. The summed E-state index contributed by atoms with van der Waals surface area (Å²) >= 11 is 1.21. The molecule has 0 fully saturated rings. The van der Waals surface area contributed by atoms with Gasteiger partial charge in [-0.1, -0.05) is 6.07 Å². The summed E-state index contributed by atoms with van der Waals surface area (Å²) in [4.78, 5) is 0.428. The van der Waals surface area contributed by atoms with Gasteiger partial charge in [0.25, 0.3) is 0 Å². The van der Waals surface area contributed by atoms with Crippen molar-refractivity contribution in [2.24, 2.45) is 0 Å². The lowest BCUT2D eigenvalue weighted by molar-refractivity contribution is -0.0390. The SMILES string of the molecule is Cc1cc2c(cc1-c1c(C(O)O)sc3cc(F)ccc13)OCCCC2. The molecule has 0 bridgehead atoms. The molecule has 130 valence electrons. The number of fused-ring (bicyclic) bond motifs is 2. The van der Waals surface area contributed by atoms with Crippen molar-refractivity contribution < 1.29 is 19.3 Å². The fourth-order valence-electron chi connectivity index (χ4n) is 3.50. The van der Waals surface area contributed by atoms with Gasteiger partial charge in [0.1, 0.15) is 11.6 Å². The van der Waals surface area contributed by atoms with Crippen LogP contribution in [0.3, 0.4) is 0 Å². The molecule has 4 rings (SSSR count). The number of ether oxygens (including phenoxy) is 1. The first-order valence-electron chi connectivity index (χ1n) is 8.39. The van der Waals surface area contributed by atoms with Crippen molar-refractivity contribution in [1.82, 2.24) is 0 Å². The zero-order chi connectivity index (χ0) is 17.6. The molecule has 2 aromatic carbocycles. The standard InChI is InChI=1S/C20H19FO3S/c1-11-8-12-4-2-3-7-24-16(12)10-15(11)18-14-6-5-13(21)9-17(14)25-19(18)20(22)23/h5-6,8-10,20,22-23H,2-4,7H2,1H3. The lowest BCUT2D eigenvalue weighted by Gasteiger charge is -2.15. The normalized spacial score (nSPS) is 14.4. The van der Waals surface area contributed by atoms with Crippen LogP contribution in [0.1, 0.15) is 35.1 Å². The molecule has 0 saturated heterocycles. The zero-order valence-electron chi connectivity index (χ0n) is 13.9. The third-order valence-corrected chi connectivity index (χ3v) is 5.88. The van der Waals surface area contributed by atoms with E-state index in [0.717, 1.165) is 47.1 Å². The maximum Gasteiger partial charge on any atom is 0.188 e. The van der Waals surface area contributed by atoms with Crippen LogP contribution in [0.5, 0.6) is 5.75 Å². The molecule has 1 aliphatic heterocycles. The van der Waals surface area contributed by atoms with Gasteiger partial charge in [-0.25, -0.2) is 4.39 Å². The molecule has 0 radical (unpaired) electrons. The van der Waals surface area contributed by atoms with Gasteiger partial charge in [-0.05, 0) is 67.1 Å². The molecule has 3 aromatic rings. The Hall–Kier alpha value is -1.95. The molecule has 1 aliphatic rings. The predicted molar refractivity (Wildman–Crippen MR) is 97.6 cm³/mol. The fraction of sp³-hybridized carbons (Fsp3) is 0.300. The van der Waals surface area contributed by atoms with Crippen molar-refractivity contribution in [2.45, 2.75) is 32.5 Å². The number of halogens is 1. The number of aliphatic hydroxyl groups excluding tert-OH is 1. The van der Waals surface area contributed by atoms with Crippen LogP contribution < -0.4 is 4.74 Å². The molecule has 3 nitrogen and oxygen atoms in total. The highest BCUT2D eigenvalue weighted by Gasteiger charge is 2.22. The minimum Gasteiger partial charge on any atom is -0.493 e. The monoisotopic (exact) mass is 358 g/mol. The van der Waals surface area contributed by atoms with Gasteiger partial charge < -0.3 is 14.9 Å². The first-order valence-corrected chi connectivity index (χ1v) is 9.21. The molecule has 0 atom stereocenters. The number of thiophene rings is 1. The van der Waals surface area contributed by atoms with Crippen LogP contribution in [0.4, 0.5) is 4.39 Å². The van der Waals surface area contributed by atoms with Gasteiger partial charge in [0, 0.05) is 15.6 Å². The lowest BCUT2D eigenvalue weighted by atomic mass is 9.94. The zero-order valence-corrected chi connectivity index (χ0v) is 14.7. The highest BCUT2D eigenvalue weighted by molar-refractivity contribution is 7.19. The minimum absolute atomic E-state index is 0.332. The second-order valence-electron chi connectivity index (χ2n) is 6.44. The second kappa shape index (κ2) is 6.41. The molecular formula is C20H19FO3S. The summed E-state index contributed by atoms with van der Waals surface area (Å²) in [5, 5.41) is 20.5. The molecule has 0 spiro atoms. The van der Waals surface area contributed by atoms with Gasteiger partial charge in [0.05, 0.1) is 11.5 Å². The summed E-state index contributed by atoms with van der Waals surface area (Å²) in [7, 11) is 0. The smallest absolute Gasteiger partial charge is 0.188 e. The summed E-state index contributed by atoms with van der Waals surface area (Å²) in [5.41, 5.74) is 3.90. The van der Waals surface area contributed by atoms with E-state index in [2.05, 4.69) is 6.07 Å². The van der Waals surface area contributed by atoms with E-state index in [1.807, 2.05) is 13.0 Å². The minimum atomic E-state index is -1.60. The van der Waals surface area contributed by atoms with Crippen molar-refractivity contribution in [3.8, 4) is 16.9 Å². The van der Waals surface area contributed by atoms with E-state index in [-0.39, 0.29) is 5.82 Å². The Balaban J connectivity index is 1.98. The average Bonchev–Trinajstić information content (AvgIpc) is 2.79. The third-order valence-electron chi connectivity index (χ3n) is 4.69. The molecule has 2 N–H and O–H groups in total. The van der Waals surface area contributed by atoms with Crippen LogP contribution in [0.25, 0.3) is 21.2 Å². The lowest BCUT2D eigenvalue weighted by Crippen LogP contribution is -1.98. The van der Waals surface area contributed by atoms with Crippen LogP contribution in [0.15, 0.2) is 30.3 Å². The van der Waals surface area contributed by atoms with E-state index < -0.39 is 6.29 Å². The fourth-order valence-corrected chi connectivity index (χ4v) is 4.61. The molecule has 0 saturated carbocycles. The molecular weight excluding hydrogens is 339 g/mol. The highest BCUT2D eigenvalue weighted by atomic mass is 32.1. The van der Waals surface area contributed by atoms with Gasteiger partial charge in [-0.2, -0.15) is 0 Å². The maximum absolute atomic E-state index is 13.6. The number of hydrogen-bond acceptors (Lipinski definition) is 4. The number of aryl methyl sites for hydroxylation is 2. The number of aliphatic hydroxyl groups is 2. The molecule has 0 amide bonds. The van der Waals surface area contributed by atoms with Crippen LogP contribution in [0, 0.1) is 12.7 Å². The number of benzene rings is 2. The van der Waals surface area contributed by atoms with Gasteiger partial charge in [-0.15, -0.1) is 11.3 Å². The topological polar surface area (TPSA) is 49.7 Å². The number of hydrogen-bond donors (Lipinski definition) is 2. The summed E-state index contributed by atoms with van der Waals surface area (Å²) in [6, 6.07) is 8.66. The highest BCUT2D eigenvalue weighted by Crippen LogP contribution is 2.44. The van der Waals surface area contributed by atoms with E-state index in [0.29, 0.717) is 16.2 Å². The van der Waals surface area contributed by atoms with Crippen molar-refractivity contribution in [3.05, 3.63) is 52.2 Å². The largest absolute Gasteiger partial charge is 0.493 e. The Bertz CT molecular complexity index is 946. The quantitative estimate of drug-likeness (QED) is 0.652. The summed E-state index contributed by atoms with van der Waals surface area (Å²) < 4.78 is 20.2. The van der Waals surface area contributed by atoms with E-state index in [1.54, 1.807) is 6.07 Å². The van der Waals surface area contributed by atoms with Gasteiger partial charge in [-0.3, -0.25) is 0 Å². The average molecular weight is 358 g/mol. The van der Waals surface area contributed by atoms with Crippen LogP contribution >= 0.6 is 11.3 Å². The van der Waals surface area contributed by atoms with Gasteiger partial charge >= 0.3 is 0 Å². The Kier molecular flexibility index (Phi) is 4.23. The molecule has 2 heterocycles. The van der Waals surface area contributed by atoms with E-state index in [1.165, 1.54) is 29.0 Å². The Morgan fingerprint density at radius 3 is 2.80 bits per heavy atom. The number of rotatable bonds is 2. The van der Waals surface area contributed by atoms with E-state index in [9.17, 15) is 14.6 Å². The third kappa shape index (κ3) is 2.92. The van der Waals surface area contributed by atoms with Crippen molar-refractivity contribution in [1.29, 1.82) is 0 Å². The first kappa shape index (κ1) is 16.5. The predicted octanol–water partition coefficient (Wildman–Crippen LogP) is 4.71. The molecule has 25 heavy (non-hydrogen) atoms. The van der Waals surface area contributed by atoms with Crippen LogP contribution in [0.2, 0.25) is 0 Å². The van der Waals surface area contributed by atoms with E-state index in [4.69, 9.17) is 4.74 Å². The van der Waals surface area contributed by atoms with Gasteiger partial charge in [0.15, 0.2) is 6.29 Å². The summed E-state index contributed by atoms with van der Waals surface area (Å²) in [6.45, 7) is 2.71. The van der Waals surface area contributed by atoms with E-state index >= 15 is 0 Å². The van der Waals surface area contributed by atoms with Crippen molar-refractivity contribution >= 4 is 21.4 Å². The van der Waals surface area contributed by atoms with Crippen LogP contribution in [-0.2, 0) is 6.42 Å². The van der Waals surface area contributed by atoms with Crippen molar-refractivity contribution in [3.63, 3.8) is 0 Å². The van der Waals surface area contributed by atoms with Gasteiger partial charge in [0.2, 0.25) is 0 Å². The molecule has 5 heteroatoms. The first-order chi connectivity index (χ1) is 12.0. The molecule has 0 unspecified atom stereocenters. The molecule has 1 aromatic heterocycles. The Morgan fingerprint density at radius 1 is 1.16 bits per heavy atom. The summed E-state index contributed by atoms with van der Waals surface area (Å²) in [5.74, 6) is 0.527.